The predicted molar refractivity (Wildman–Crippen MR) is 109 cm³/mol. The number of nitrogens with one attached hydrogen (secondary N) is 1. The van der Waals surface area contributed by atoms with Crippen molar-refractivity contribution < 1.29 is 14.4 Å². The third-order valence-electron chi connectivity index (χ3n) is 4.33. The van der Waals surface area contributed by atoms with Crippen LogP contribution in [0.4, 0.5) is 0 Å². The van der Waals surface area contributed by atoms with Crippen molar-refractivity contribution in [1.29, 1.82) is 0 Å². The number of carbonyl (C=O) groups excluding carboxylic acids is 3. The van der Waals surface area contributed by atoms with Crippen LogP contribution in [0.1, 0.15) is 74.0 Å². The van der Waals surface area contributed by atoms with Crippen LogP contribution in [-0.4, -0.2) is 41.1 Å². The minimum absolute atomic E-state index is 0.0523. The van der Waals surface area contributed by atoms with Crippen molar-refractivity contribution in [3.63, 3.8) is 0 Å². The first-order valence-electron chi connectivity index (χ1n) is 9.64. The highest BCUT2D eigenvalue weighted by atomic mass is 16.2. The van der Waals surface area contributed by atoms with Crippen molar-refractivity contribution in [2.24, 2.45) is 0 Å². The summed E-state index contributed by atoms with van der Waals surface area (Å²) < 4.78 is 0. The van der Waals surface area contributed by atoms with Gasteiger partial charge in [0.2, 0.25) is 11.8 Å². The van der Waals surface area contributed by atoms with Crippen molar-refractivity contribution in [3.8, 4) is 0 Å². The standard InChI is InChI=1S/C22H34N2O3/c1-8-24(14-19(26)23-22(5,6)7)20(27)11-9-10-18(25)21-16(3)12-15(2)13-17(21)4/h12-13H,8-11,14H2,1-7H3,(H,23,26). The van der Waals surface area contributed by atoms with Gasteiger partial charge in [-0.15, -0.1) is 0 Å². The quantitative estimate of drug-likeness (QED) is 0.705. The topological polar surface area (TPSA) is 66.5 Å². The minimum Gasteiger partial charge on any atom is -0.350 e. The van der Waals surface area contributed by atoms with E-state index < -0.39 is 0 Å². The van der Waals surface area contributed by atoms with Gasteiger partial charge in [-0.1, -0.05) is 17.7 Å². The lowest BCUT2D eigenvalue weighted by Gasteiger charge is -2.25. The van der Waals surface area contributed by atoms with E-state index >= 15 is 0 Å². The van der Waals surface area contributed by atoms with E-state index in [-0.39, 0.29) is 36.1 Å². The average molecular weight is 375 g/mol. The van der Waals surface area contributed by atoms with E-state index in [1.54, 1.807) is 0 Å². The average Bonchev–Trinajstić information content (AvgIpc) is 2.49. The molecule has 0 atom stereocenters. The highest BCUT2D eigenvalue weighted by Crippen LogP contribution is 2.19. The maximum Gasteiger partial charge on any atom is 0.240 e. The largest absolute Gasteiger partial charge is 0.350 e. The van der Waals surface area contributed by atoms with Crippen LogP contribution in [0.15, 0.2) is 12.1 Å². The predicted octanol–water partition coefficient (Wildman–Crippen LogP) is 3.73. The van der Waals surface area contributed by atoms with E-state index in [0.29, 0.717) is 19.4 Å². The summed E-state index contributed by atoms with van der Waals surface area (Å²) in [5.41, 5.74) is 3.56. The molecule has 1 aromatic rings. The van der Waals surface area contributed by atoms with E-state index in [1.807, 2.05) is 60.6 Å². The Kier molecular flexibility index (Phi) is 8.20. The lowest BCUT2D eigenvalue weighted by molar-refractivity contribution is -0.136. The summed E-state index contributed by atoms with van der Waals surface area (Å²) in [7, 11) is 0. The third kappa shape index (κ3) is 7.53. The van der Waals surface area contributed by atoms with Gasteiger partial charge in [0.15, 0.2) is 5.78 Å². The van der Waals surface area contributed by atoms with Gasteiger partial charge < -0.3 is 10.2 Å². The number of hydrogen-bond donors (Lipinski definition) is 1. The molecule has 0 heterocycles. The number of aryl methyl sites for hydroxylation is 3. The molecule has 1 N–H and O–H groups in total. The summed E-state index contributed by atoms with van der Waals surface area (Å²) in [6, 6.07) is 4.02. The van der Waals surface area contributed by atoms with Crippen molar-refractivity contribution in [2.45, 2.75) is 73.3 Å². The van der Waals surface area contributed by atoms with Crippen LogP contribution in [0.25, 0.3) is 0 Å². The molecule has 150 valence electrons. The van der Waals surface area contributed by atoms with Gasteiger partial charge in [0.05, 0.1) is 6.54 Å². The number of ketones is 1. The van der Waals surface area contributed by atoms with Crippen molar-refractivity contribution in [2.75, 3.05) is 13.1 Å². The second kappa shape index (κ2) is 9.67. The summed E-state index contributed by atoms with van der Waals surface area (Å²) >= 11 is 0. The molecule has 5 nitrogen and oxygen atoms in total. The summed E-state index contributed by atoms with van der Waals surface area (Å²) in [5.74, 6) is -0.183. The SMILES string of the molecule is CCN(CC(=O)NC(C)(C)C)C(=O)CCCC(=O)c1c(C)cc(C)cc1C. The number of amides is 2. The first kappa shape index (κ1) is 22.9. The fourth-order valence-electron chi connectivity index (χ4n) is 3.31. The van der Waals surface area contributed by atoms with Crippen LogP contribution in [0.2, 0.25) is 0 Å². The molecular weight excluding hydrogens is 340 g/mol. The minimum atomic E-state index is -0.324. The zero-order valence-electron chi connectivity index (χ0n) is 17.9. The van der Waals surface area contributed by atoms with Crippen LogP contribution in [-0.2, 0) is 9.59 Å². The molecule has 0 spiro atoms. The normalized spacial score (nSPS) is 11.2. The summed E-state index contributed by atoms with van der Waals surface area (Å²) in [5, 5.41) is 2.86. The van der Waals surface area contributed by atoms with E-state index in [2.05, 4.69) is 5.32 Å². The second-order valence-corrected chi connectivity index (χ2v) is 8.26. The van der Waals surface area contributed by atoms with Gasteiger partial charge in [-0.25, -0.2) is 0 Å². The molecule has 5 heteroatoms. The van der Waals surface area contributed by atoms with Crippen LogP contribution >= 0.6 is 0 Å². The number of benzene rings is 1. The first-order chi connectivity index (χ1) is 12.4. The molecule has 0 saturated heterocycles. The Morgan fingerprint density at radius 3 is 2.04 bits per heavy atom. The molecule has 0 aliphatic heterocycles. The van der Waals surface area contributed by atoms with E-state index in [4.69, 9.17) is 0 Å². The molecule has 0 aromatic heterocycles. The first-order valence-corrected chi connectivity index (χ1v) is 9.64. The maximum atomic E-state index is 12.6. The zero-order chi connectivity index (χ0) is 20.8. The zero-order valence-corrected chi connectivity index (χ0v) is 17.9. The summed E-state index contributed by atoms with van der Waals surface area (Å²) in [6.07, 6.45) is 1.09. The van der Waals surface area contributed by atoms with Gasteiger partial charge in [0, 0.05) is 30.5 Å². The van der Waals surface area contributed by atoms with Crippen LogP contribution in [0.5, 0.6) is 0 Å². The Hall–Kier alpha value is -2.17. The van der Waals surface area contributed by atoms with Gasteiger partial charge >= 0.3 is 0 Å². The Morgan fingerprint density at radius 2 is 1.56 bits per heavy atom. The molecule has 0 aliphatic carbocycles. The molecule has 0 fully saturated rings. The summed E-state index contributed by atoms with van der Waals surface area (Å²) in [6.45, 7) is 14.0. The molecule has 0 radical (unpaired) electrons. The molecule has 0 unspecified atom stereocenters. The number of hydrogen-bond acceptors (Lipinski definition) is 3. The van der Waals surface area contributed by atoms with Gasteiger partial charge in [-0.3, -0.25) is 14.4 Å². The number of Topliss-reactive ketones (excluding diaryl/α,β-unsaturated/α-hetero) is 1. The molecule has 1 aromatic carbocycles. The highest BCUT2D eigenvalue weighted by molar-refractivity contribution is 5.99. The monoisotopic (exact) mass is 374 g/mol. The van der Waals surface area contributed by atoms with Gasteiger partial charge in [-0.2, -0.15) is 0 Å². The molecule has 27 heavy (non-hydrogen) atoms. The fraction of sp³-hybridized carbons (Fsp3) is 0.591. The van der Waals surface area contributed by atoms with Crippen molar-refractivity contribution in [3.05, 3.63) is 34.4 Å². The summed E-state index contributed by atoms with van der Waals surface area (Å²) in [4.78, 5) is 38.5. The van der Waals surface area contributed by atoms with Gasteiger partial charge in [0.1, 0.15) is 0 Å². The number of nitrogens with zero attached hydrogens (tertiary/aromatic N) is 1. The molecule has 1 rings (SSSR count). The van der Waals surface area contributed by atoms with Crippen LogP contribution < -0.4 is 5.32 Å². The Balaban J connectivity index is 2.58. The van der Waals surface area contributed by atoms with Crippen molar-refractivity contribution in [1.82, 2.24) is 10.2 Å². The molecule has 0 bridgehead atoms. The Bertz CT molecular complexity index is 679. The number of carbonyl (C=O) groups is 3. The maximum absolute atomic E-state index is 12.6. The Labute approximate surface area is 163 Å². The number of likely N-dealkylation sites (N-methyl/N-ethyl adjacent to an activating group) is 1. The highest BCUT2D eigenvalue weighted by Gasteiger charge is 2.20. The van der Waals surface area contributed by atoms with E-state index in [9.17, 15) is 14.4 Å². The Morgan fingerprint density at radius 1 is 1.00 bits per heavy atom. The van der Waals surface area contributed by atoms with Gasteiger partial charge in [-0.05, 0) is 66.0 Å². The molecule has 0 aliphatic rings. The molecule has 0 saturated carbocycles. The number of rotatable bonds is 8. The van der Waals surface area contributed by atoms with E-state index in [0.717, 1.165) is 22.3 Å². The van der Waals surface area contributed by atoms with Crippen LogP contribution in [0.3, 0.4) is 0 Å². The molecular formula is C22H34N2O3. The lowest BCUT2D eigenvalue weighted by atomic mass is 9.94. The van der Waals surface area contributed by atoms with E-state index in [1.165, 1.54) is 4.90 Å². The smallest absolute Gasteiger partial charge is 0.240 e. The van der Waals surface area contributed by atoms with Gasteiger partial charge in [0.25, 0.3) is 0 Å². The van der Waals surface area contributed by atoms with Crippen LogP contribution in [0, 0.1) is 20.8 Å². The third-order valence-corrected chi connectivity index (χ3v) is 4.33. The molecule has 2 amide bonds. The van der Waals surface area contributed by atoms with Crippen molar-refractivity contribution >= 4 is 17.6 Å². The second-order valence-electron chi connectivity index (χ2n) is 8.26. The fourth-order valence-corrected chi connectivity index (χ4v) is 3.31. The lowest BCUT2D eigenvalue weighted by Crippen LogP contribution is -2.47.